The van der Waals surface area contributed by atoms with Gasteiger partial charge in [-0.05, 0) is 42.1 Å². The molecule has 1 aromatic heterocycles. The van der Waals surface area contributed by atoms with E-state index < -0.39 is 0 Å². The van der Waals surface area contributed by atoms with Gasteiger partial charge in [0.2, 0.25) is 0 Å². The van der Waals surface area contributed by atoms with Crippen LogP contribution < -0.4 is 4.74 Å². The quantitative estimate of drug-likeness (QED) is 0.571. The van der Waals surface area contributed by atoms with Crippen molar-refractivity contribution in [2.45, 2.75) is 19.8 Å². The average molecular weight is 288 g/mol. The minimum absolute atomic E-state index is 0.0876. The van der Waals surface area contributed by atoms with E-state index in [9.17, 15) is 9.59 Å². The molecule has 20 heavy (non-hydrogen) atoms. The third-order valence-electron chi connectivity index (χ3n) is 2.77. The lowest BCUT2D eigenvalue weighted by molar-refractivity contribution is 0.0896. The van der Waals surface area contributed by atoms with Gasteiger partial charge in [0.15, 0.2) is 11.6 Å². The van der Waals surface area contributed by atoms with Gasteiger partial charge in [-0.15, -0.1) is 11.3 Å². The zero-order chi connectivity index (χ0) is 14.4. The lowest BCUT2D eigenvalue weighted by atomic mass is 10.1. The van der Waals surface area contributed by atoms with Gasteiger partial charge in [-0.2, -0.15) is 0 Å². The molecule has 104 valence electrons. The highest BCUT2D eigenvalue weighted by atomic mass is 32.1. The summed E-state index contributed by atoms with van der Waals surface area (Å²) in [5.74, 6) is 0.453. The average Bonchev–Trinajstić information content (AvgIpc) is 3.00. The van der Waals surface area contributed by atoms with E-state index >= 15 is 0 Å². The highest BCUT2D eigenvalue weighted by molar-refractivity contribution is 7.12. The summed E-state index contributed by atoms with van der Waals surface area (Å²) in [6.45, 7) is 2.69. The molecular formula is C16H16O3S. The van der Waals surface area contributed by atoms with Crippen molar-refractivity contribution in [1.29, 1.82) is 0 Å². The summed E-state index contributed by atoms with van der Waals surface area (Å²) >= 11 is 1.36. The minimum Gasteiger partial charge on any atom is -0.494 e. The summed E-state index contributed by atoms with van der Waals surface area (Å²) in [6, 6.07) is 10.5. The Morgan fingerprint density at radius 1 is 1.10 bits per heavy atom. The van der Waals surface area contributed by atoms with Gasteiger partial charge in [0.1, 0.15) is 5.75 Å². The molecule has 0 radical (unpaired) electrons. The van der Waals surface area contributed by atoms with Crippen LogP contribution in [0.3, 0.4) is 0 Å². The van der Waals surface area contributed by atoms with Crippen molar-refractivity contribution in [2.24, 2.45) is 0 Å². The lowest BCUT2D eigenvalue weighted by Gasteiger charge is -2.05. The van der Waals surface area contributed by atoms with Gasteiger partial charge in [-0.1, -0.05) is 13.0 Å². The van der Waals surface area contributed by atoms with E-state index in [0.29, 0.717) is 17.0 Å². The van der Waals surface area contributed by atoms with Crippen molar-refractivity contribution in [3.8, 4) is 5.75 Å². The maximum absolute atomic E-state index is 12.0. The Kier molecular flexibility index (Phi) is 5.07. The van der Waals surface area contributed by atoms with Gasteiger partial charge in [0.25, 0.3) is 0 Å². The van der Waals surface area contributed by atoms with Crippen molar-refractivity contribution in [3.63, 3.8) is 0 Å². The largest absolute Gasteiger partial charge is 0.494 e. The molecule has 0 unspecified atom stereocenters. The molecule has 4 heteroatoms. The standard InChI is InChI=1S/C16H16O3S/c1-2-9-19-13-7-5-12(6-8-13)14(17)11-15(18)16-4-3-10-20-16/h3-8,10H,2,9,11H2,1H3. The molecule has 3 nitrogen and oxygen atoms in total. The highest BCUT2D eigenvalue weighted by Crippen LogP contribution is 2.16. The second-order valence-corrected chi connectivity index (χ2v) is 5.32. The molecule has 0 fully saturated rings. The van der Waals surface area contributed by atoms with Crippen LogP contribution in [0.25, 0.3) is 0 Å². The number of carbonyl (C=O) groups excluding carboxylic acids is 2. The van der Waals surface area contributed by atoms with E-state index in [1.165, 1.54) is 11.3 Å². The summed E-state index contributed by atoms with van der Waals surface area (Å²) in [7, 11) is 0. The van der Waals surface area contributed by atoms with Crippen molar-refractivity contribution in [2.75, 3.05) is 6.61 Å². The third kappa shape index (κ3) is 3.78. The molecule has 0 N–H and O–H groups in total. The van der Waals surface area contributed by atoms with Crippen LogP contribution in [0.4, 0.5) is 0 Å². The monoisotopic (exact) mass is 288 g/mol. The summed E-state index contributed by atoms with van der Waals surface area (Å²) in [4.78, 5) is 24.5. The van der Waals surface area contributed by atoms with Crippen molar-refractivity contribution < 1.29 is 14.3 Å². The third-order valence-corrected chi connectivity index (χ3v) is 3.68. The van der Waals surface area contributed by atoms with Crippen molar-refractivity contribution in [1.82, 2.24) is 0 Å². The molecule has 0 spiro atoms. The summed E-state index contributed by atoms with van der Waals surface area (Å²) in [6.07, 6.45) is 0.853. The van der Waals surface area contributed by atoms with Crippen LogP contribution in [0.5, 0.6) is 5.75 Å². The smallest absolute Gasteiger partial charge is 0.180 e. The Balaban J connectivity index is 1.97. The fraction of sp³-hybridized carbons (Fsp3) is 0.250. The molecule has 0 saturated heterocycles. The van der Waals surface area contributed by atoms with E-state index in [-0.39, 0.29) is 18.0 Å². The zero-order valence-corrected chi connectivity index (χ0v) is 12.1. The summed E-state index contributed by atoms with van der Waals surface area (Å²) in [5, 5.41) is 1.83. The Morgan fingerprint density at radius 2 is 1.85 bits per heavy atom. The molecule has 0 aliphatic rings. The second kappa shape index (κ2) is 7.01. The maximum atomic E-state index is 12.0. The van der Waals surface area contributed by atoms with E-state index in [1.54, 1.807) is 30.3 Å². The van der Waals surface area contributed by atoms with Crippen LogP contribution in [0.15, 0.2) is 41.8 Å². The molecule has 0 bridgehead atoms. The molecule has 1 aromatic carbocycles. The lowest BCUT2D eigenvalue weighted by Crippen LogP contribution is -2.07. The van der Waals surface area contributed by atoms with Crippen LogP contribution in [-0.4, -0.2) is 18.2 Å². The van der Waals surface area contributed by atoms with Crippen LogP contribution in [0.1, 0.15) is 39.8 Å². The summed E-state index contributed by atoms with van der Waals surface area (Å²) in [5.41, 5.74) is 0.541. The second-order valence-electron chi connectivity index (χ2n) is 4.37. The number of hydrogen-bond acceptors (Lipinski definition) is 4. The Bertz CT molecular complexity index is 570. The number of carbonyl (C=O) groups is 2. The molecule has 1 heterocycles. The van der Waals surface area contributed by atoms with Gasteiger partial charge < -0.3 is 4.74 Å². The number of ether oxygens (including phenoxy) is 1. The number of thiophene rings is 1. The zero-order valence-electron chi connectivity index (χ0n) is 11.3. The van der Waals surface area contributed by atoms with E-state index in [1.807, 2.05) is 18.4 Å². The van der Waals surface area contributed by atoms with Crippen LogP contribution in [0, 0.1) is 0 Å². The number of hydrogen-bond donors (Lipinski definition) is 0. The number of Topliss-reactive ketones (excluding diaryl/α,β-unsaturated/α-hetero) is 2. The van der Waals surface area contributed by atoms with Gasteiger partial charge in [0.05, 0.1) is 17.9 Å². The first-order chi connectivity index (χ1) is 9.70. The summed E-state index contributed by atoms with van der Waals surface area (Å²) < 4.78 is 5.45. The molecule has 0 atom stereocenters. The maximum Gasteiger partial charge on any atom is 0.180 e. The predicted molar refractivity (Wildman–Crippen MR) is 79.8 cm³/mol. The van der Waals surface area contributed by atoms with Crippen LogP contribution in [-0.2, 0) is 0 Å². The topological polar surface area (TPSA) is 43.4 Å². The van der Waals surface area contributed by atoms with Crippen molar-refractivity contribution in [3.05, 3.63) is 52.2 Å². The van der Waals surface area contributed by atoms with Crippen LogP contribution >= 0.6 is 11.3 Å². The first-order valence-electron chi connectivity index (χ1n) is 6.53. The number of benzene rings is 1. The SMILES string of the molecule is CCCOc1ccc(C(=O)CC(=O)c2cccs2)cc1. The molecule has 0 aliphatic heterocycles. The highest BCUT2D eigenvalue weighted by Gasteiger charge is 2.14. The molecular weight excluding hydrogens is 272 g/mol. The van der Waals surface area contributed by atoms with Gasteiger partial charge in [-0.3, -0.25) is 9.59 Å². The van der Waals surface area contributed by atoms with Gasteiger partial charge in [0, 0.05) is 5.56 Å². The predicted octanol–water partition coefficient (Wildman–Crippen LogP) is 3.99. The van der Waals surface area contributed by atoms with E-state index in [2.05, 4.69) is 0 Å². The molecule has 2 rings (SSSR count). The fourth-order valence-corrected chi connectivity index (χ4v) is 2.39. The first-order valence-corrected chi connectivity index (χ1v) is 7.41. The molecule has 0 saturated carbocycles. The minimum atomic E-state index is -0.162. The van der Waals surface area contributed by atoms with E-state index in [0.717, 1.165) is 12.2 Å². The Hall–Kier alpha value is -1.94. The fourth-order valence-electron chi connectivity index (χ4n) is 1.73. The first kappa shape index (κ1) is 14.5. The molecule has 0 amide bonds. The van der Waals surface area contributed by atoms with E-state index in [4.69, 9.17) is 4.74 Å². The number of ketones is 2. The Labute approximate surface area is 122 Å². The van der Waals surface area contributed by atoms with Gasteiger partial charge in [-0.25, -0.2) is 0 Å². The number of rotatable bonds is 7. The van der Waals surface area contributed by atoms with Crippen LogP contribution in [0.2, 0.25) is 0 Å². The molecule has 0 aliphatic carbocycles. The normalized spacial score (nSPS) is 10.2. The van der Waals surface area contributed by atoms with Crippen molar-refractivity contribution >= 4 is 22.9 Å². The van der Waals surface area contributed by atoms with Gasteiger partial charge >= 0.3 is 0 Å². The molecule has 2 aromatic rings. The Morgan fingerprint density at radius 3 is 2.45 bits per heavy atom.